The van der Waals surface area contributed by atoms with Crippen LogP contribution in [0.1, 0.15) is 168 Å². The average molecular weight is 1220 g/mol. The van der Waals surface area contributed by atoms with Gasteiger partial charge in [-0.1, -0.05) is 110 Å². The van der Waals surface area contributed by atoms with Crippen LogP contribution in [-0.4, -0.2) is 81.0 Å². The molecular weight excluding hydrogens is 1140 g/mol. The molecule has 460 valence electrons. The molecule has 13 heteroatoms. The maximum atomic E-state index is 16.6. The second kappa shape index (κ2) is 23.2. The van der Waals surface area contributed by atoms with Crippen LogP contribution in [0.4, 0.5) is 5.69 Å². The van der Waals surface area contributed by atoms with Gasteiger partial charge in [0.05, 0.1) is 45.0 Å². The average Bonchev–Trinajstić information content (AvgIpc) is 1.53. The van der Waals surface area contributed by atoms with Crippen LogP contribution in [0, 0.1) is 81.4 Å². The van der Waals surface area contributed by atoms with E-state index in [2.05, 4.69) is 142 Å². The molecule has 11 nitrogen and oxygen atoms in total. The summed E-state index contributed by atoms with van der Waals surface area (Å²) in [6.07, 6.45) is 26.9. The number of allylic oxidation sites excluding steroid dienone is 1. The SMILES string of the molecule is CC#Cc1ccc(-c2ccc(C(=O)[C@H]3CC[C@@]45C=C[C@@H]6[C@@H]([C@H]7C#Cc8c(cc(O)c9c8N[C@H](C=C9)[C@](C)(O)Cc8cccc9c8[C@H](c8cnc[nH]8)C[C@@H](CCc8ccccc8)[C@@H]97)C[C@@H]4N=C(N)NC4CCCCC4)[C@]4(CC[C@H](CNC)[C@@H]4CO)C[C@]36C5)s2)s1. The fourth-order valence-electron chi connectivity index (χ4n) is 20.2. The van der Waals surface area contributed by atoms with Crippen molar-refractivity contribution in [2.75, 3.05) is 25.5 Å². The molecule has 9 N–H and O–H groups in total. The van der Waals surface area contributed by atoms with E-state index >= 15 is 4.79 Å². The number of thiophene rings is 2. The van der Waals surface area contributed by atoms with Crippen LogP contribution in [0.5, 0.6) is 5.75 Å². The van der Waals surface area contributed by atoms with E-state index in [0.29, 0.717) is 30.8 Å². The van der Waals surface area contributed by atoms with Crippen LogP contribution in [0.3, 0.4) is 0 Å². The number of H-pyrrole nitrogens is 1. The highest BCUT2D eigenvalue weighted by Crippen LogP contribution is 2.78. The molecule has 0 amide bonds. The number of aromatic amines is 1. The molecule has 0 saturated heterocycles. The number of Topliss-reactive ketones (excluding diaryl/α,β-unsaturated/α-hetero) is 1. The Bertz CT molecular complexity index is 3910. The van der Waals surface area contributed by atoms with E-state index in [0.717, 1.165) is 131 Å². The summed E-state index contributed by atoms with van der Waals surface area (Å²) < 4.78 is 0. The van der Waals surface area contributed by atoms with Crippen molar-refractivity contribution < 1.29 is 20.1 Å². The molecule has 9 aliphatic rings. The van der Waals surface area contributed by atoms with E-state index in [-0.39, 0.29) is 77.4 Å². The Balaban J connectivity index is 1.01. The molecule has 3 spiro atoms. The lowest BCUT2D eigenvalue weighted by molar-refractivity contribution is -0.0199. The zero-order chi connectivity index (χ0) is 60.8. The number of aliphatic hydroxyl groups excluding tert-OH is 1. The van der Waals surface area contributed by atoms with Gasteiger partial charge in [0.25, 0.3) is 0 Å². The molecule has 89 heavy (non-hydrogen) atoms. The van der Waals surface area contributed by atoms with Gasteiger partial charge >= 0.3 is 0 Å². The number of aromatic nitrogens is 2. The molecule has 0 unspecified atom stereocenters. The van der Waals surface area contributed by atoms with Crippen LogP contribution >= 0.6 is 22.7 Å². The number of phenols is 1. The smallest absolute Gasteiger partial charge is 0.189 e. The molecular formula is C76H85N7O4S2. The normalized spacial score (nSPS) is 33.9. The number of nitrogens with one attached hydrogen (secondary N) is 4. The van der Waals surface area contributed by atoms with E-state index in [1.54, 1.807) is 22.7 Å². The third-order valence-electron chi connectivity index (χ3n) is 23.9. The molecule has 15 atom stereocenters. The van der Waals surface area contributed by atoms with E-state index in [1.165, 1.54) is 23.1 Å². The second-order valence-corrected chi connectivity index (χ2v) is 30.7. The van der Waals surface area contributed by atoms with Crippen LogP contribution < -0.4 is 21.7 Å². The van der Waals surface area contributed by atoms with Gasteiger partial charge in [-0.3, -0.25) is 4.79 Å². The summed E-state index contributed by atoms with van der Waals surface area (Å²) in [4.78, 5) is 34.6. The van der Waals surface area contributed by atoms with E-state index < -0.39 is 33.9 Å². The van der Waals surface area contributed by atoms with Gasteiger partial charge in [-0.05, 0) is 203 Å². The number of anilines is 1. The predicted octanol–water partition coefficient (Wildman–Crippen LogP) is 13.2. The first-order chi connectivity index (χ1) is 43.3. The van der Waals surface area contributed by atoms with Gasteiger partial charge in [0.15, 0.2) is 11.7 Å². The monoisotopic (exact) mass is 1220 g/mol. The minimum atomic E-state index is -1.29. The molecule has 15 rings (SSSR count). The molecule has 3 aromatic carbocycles. The van der Waals surface area contributed by atoms with E-state index in [4.69, 9.17) is 10.7 Å². The summed E-state index contributed by atoms with van der Waals surface area (Å²) in [6, 6.07) is 27.6. The van der Waals surface area contributed by atoms with Gasteiger partial charge < -0.3 is 42.0 Å². The summed E-state index contributed by atoms with van der Waals surface area (Å²) in [5.41, 5.74) is 13.6. The van der Waals surface area contributed by atoms with Crippen molar-refractivity contribution in [3.05, 3.63) is 164 Å². The number of phenolic OH excluding ortho intramolecular Hbond substituents is 1. The van der Waals surface area contributed by atoms with Crippen LogP contribution in [0.25, 0.3) is 15.8 Å². The quantitative estimate of drug-likeness (QED) is 0.0194. The maximum Gasteiger partial charge on any atom is 0.189 e. The van der Waals surface area contributed by atoms with Crippen LogP contribution in [-0.2, 0) is 19.3 Å². The molecule has 3 aromatic heterocycles. The third-order valence-corrected chi connectivity index (χ3v) is 26.2. The van der Waals surface area contributed by atoms with Gasteiger partial charge in [0, 0.05) is 75.4 Å². The number of fused-ring (bicyclic) bond motifs is 5. The first-order valence-corrected chi connectivity index (χ1v) is 34.9. The van der Waals surface area contributed by atoms with Gasteiger partial charge in [-0.15, -0.1) is 28.6 Å². The van der Waals surface area contributed by atoms with Gasteiger partial charge in [-0.2, -0.15) is 0 Å². The van der Waals surface area contributed by atoms with Crippen molar-refractivity contribution in [2.45, 2.75) is 152 Å². The summed E-state index contributed by atoms with van der Waals surface area (Å²) in [7, 11) is 2.05. The number of aromatic hydroxyl groups is 1. The molecule has 4 saturated carbocycles. The van der Waals surface area contributed by atoms with Crippen molar-refractivity contribution >= 4 is 46.2 Å². The number of hydrogen-bond donors (Lipinski definition) is 8. The molecule has 0 radical (unpaired) electrons. The first kappa shape index (κ1) is 58.6. The highest BCUT2D eigenvalue weighted by molar-refractivity contribution is 7.23. The van der Waals surface area contributed by atoms with Crippen LogP contribution in [0.2, 0.25) is 0 Å². The molecule has 5 heterocycles. The Labute approximate surface area is 533 Å². The van der Waals surface area contributed by atoms with Crippen molar-refractivity contribution in [2.24, 2.45) is 68.4 Å². The Hall–Kier alpha value is -6.71. The molecule has 4 fully saturated rings. The third kappa shape index (κ3) is 9.98. The Morgan fingerprint density at radius 3 is 2.60 bits per heavy atom. The van der Waals surface area contributed by atoms with Gasteiger partial charge in [0.2, 0.25) is 0 Å². The van der Waals surface area contributed by atoms with Crippen molar-refractivity contribution in [3.8, 4) is 39.2 Å². The molecule has 11 bridgehead atoms. The number of imidazole rings is 1. The number of aliphatic imine (C=N–C) groups is 1. The topological polar surface area (TPSA) is 181 Å². The predicted molar refractivity (Wildman–Crippen MR) is 358 cm³/mol. The Morgan fingerprint density at radius 2 is 1.79 bits per heavy atom. The van der Waals surface area contributed by atoms with Crippen molar-refractivity contribution in [1.82, 2.24) is 20.6 Å². The van der Waals surface area contributed by atoms with Gasteiger partial charge in [0.1, 0.15) is 5.75 Å². The summed E-state index contributed by atoms with van der Waals surface area (Å²) in [5, 5.41) is 49.5. The van der Waals surface area contributed by atoms with Crippen molar-refractivity contribution in [1.29, 1.82) is 0 Å². The summed E-state index contributed by atoms with van der Waals surface area (Å²) >= 11 is 3.30. The number of aryl methyl sites for hydroxylation is 1. The number of carbonyl (C=O) groups is 1. The zero-order valence-corrected chi connectivity index (χ0v) is 53.3. The highest BCUT2D eigenvalue weighted by Gasteiger charge is 2.73. The minimum absolute atomic E-state index is 0.0345. The standard InChI is InChI=1S/C76H85N7O4S2/c1-4-12-51-21-25-62(88-51)63-26-27-64(89-63)71(86)58-31-33-74-32-30-57-69(75(43-76(57,58)42-74)34-29-48(39-78-3)59(75)41-84)55-23-22-52-49(37-66(74)83-72(77)81-50-16-9-6-10-17-50)36-61(85)53-24-28-65(82-70(52)53)73(2,87)38-47-15-11-18-54-67(55)46(20-19-45-13-7-5-8-14-45)35-56(68(47)54)60-40-79-44-80-60/h5,7-8,11,13-15,18,21,24-28,30,32,36,40,44,46,48,50,55-59,65-67,69,78,82,84-85,87H,6,9-10,16-17,19-20,29,31,33-35,37-39,41-43H2,1-3H3,(H,79,80)(H3,77,81,83)/t46-,48-,55+,56+,57-,58-,59+,65-,66+,67+,69-,73-,74-,75-,76+/m1/s1. The van der Waals surface area contributed by atoms with Gasteiger partial charge in [-0.25, -0.2) is 9.98 Å². The number of aliphatic hydroxyl groups is 2. The van der Waals surface area contributed by atoms with Crippen molar-refractivity contribution in [3.63, 3.8) is 0 Å². The fourth-order valence-corrected chi connectivity index (χ4v) is 22.2. The molecule has 2 aliphatic heterocycles. The number of nitrogens with two attached hydrogens (primary N) is 1. The lowest BCUT2D eigenvalue weighted by atomic mass is 9.46. The first-order valence-electron chi connectivity index (χ1n) is 33.3. The molecule has 6 aromatic rings. The van der Waals surface area contributed by atoms with E-state index in [1.807, 2.05) is 44.6 Å². The molecule has 7 aliphatic carbocycles. The lowest BCUT2D eigenvalue weighted by Gasteiger charge is -2.57. The lowest BCUT2D eigenvalue weighted by Crippen LogP contribution is -2.54. The highest BCUT2D eigenvalue weighted by atomic mass is 32.1. The fraction of sp³-hybridized carbons (Fsp3) is 0.487. The number of ketones is 1. The number of rotatable bonds is 12. The minimum Gasteiger partial charge on any atom is -0.507 e. The largest absolute Gasteiger partial charge is 0.507 e. The summed E-state index contributed by atoms with van der Waals surface area (Å²) in [6.45, 7) is 4.66. The number of nitrogens with zero attached hydrogens (tertiary/aromatic N) is 2. The summed E-state index contributed by atoms with van der Waals surface area (Å²) in [5.74, 6) is 15.1. The number of hydrogen-bond acceptors (Lipinski definition) is 10. The second-order valence-electron chi connectivity index (χ2n) is 28.5. The zero-order valence-electron chi connectivity index (χ0n) is 51.7. The number of guanidine groups is 1. The number of benzene rings is 3. The maximum absolute atomic E-state index is 16.6. The van der Waals surface area contributed by atoms with E-state index in [9.17, 15) is 15.3 Å². The van der Waals surface area contributed by atoms with Crippen LogP contribution in [0.15, 0.2) is 115 Å². The number of carbonyl (C=O) groups excluding carboxylic acids is 1. The Kier molecular flexibility index (Phi) is 15.3. The Morgan fingerprint density at radius 1 is 0.944 bits per heavy atom.